The Kier molecular flexibility index (Phi) is 1.26. The number of ether oxygens (including phenoxy) is 1. The van der Waals surface area contributed by atoms with Gasteiger partial charge in [-0.05, 0) is 0 Å². The first-order valence-corrected chi connectivity index (χ1v) is 3.77. The van der Waals surface area contributed by atoms with E-state index in [4.69, 9.17) is 4.74 Å². The summed E-state index contributed by atoms with van der Waals surface area (Å²) in [7, 11) is 0. The maximum absolute atomic E-state index is 11.4. The summed E-state index contributed by atoms with van der Waals surface area (Å²) in [6, 6.07) is 0. The van der Waals surface area contributed by atoms with Gasteiger partial charge < -0.3 is 4.74 Å². The highest BCUT2D eigenvalue weighted by Crippen LogP contribution is 2.31. The fourth-order valence-corrected chi connectivity index (χ4v) is 1.54. The SMILES string of the molecule is C=C1C(=O)C(C)C2C=CC1O2. The van der Waals surface area contributed by atoms with Gasteiger partial charge in [0.15, 0.2) is 5.78 Å². The summed E-state index contributed by atoms with van der Waals surface area (Å²) >= 11 is 0. The summed E-state index contributed by atoms with van der Waals surface area (Å²) < 4.78 is 5.46. The first-order chi connectivity index (χ1) is 5.20. The van der Waals surface area contributed by atoms with E-state index in [-0.39, 0.29) is 23.9 Å². The first kappa shape index (κ1) is 6.80. The van der Waals surface area contributed by atoms with Crippen LogP contribution in [0.15, 0.2) is 24.3 Å². The van der Waals surface area contributed by atoms with Crippen LogP contribution in [0.1, 0.15) is 6.92 Å². The lowest BCUT2D eigenvalue weighted by Gasteiger charge is -2.26. The molecule has 0 amide bonds. The molecule has 0 radical (unpaired) electrons. The van der Waals surface area contributed by atoms with Crippen molar-refractivity contribution < 1.29 is 9.53 Å². The maximum atomic E-state index is 11.4. The van der Waals surface area contributed by atoms with Gasteiger partial charge in [-0.25, -0.2) is 0 Å². The molecule has 0 spiro atoms. The number of fused-ring (bicyclic) bond motifs is 2. The van der Waals surface area contributed by atoms with Crippen LogP contribution in [0, 0.1) is 5.92 Å². The molecule has 3 atom stereocenters. The van der Waals surface area contributed by atoms with Crippen LogP contribution in [0.5, 0.6) is 0 Å². The van der Waals surface area contributed by atoms with E-state index >= 15 is 0 Å². The fourth-order valence-electron chi connectivity index (χ4n) is 1.54. The van der Waals surface area contributed by atoms with Gasteiger partial charge in [0, 0.05) is 11.5 Å². The average Bonchev–Trinajstić information content (AvgIpc) is 2.44. The largest absolute Gasteiger partial charge is 0.361 e. The van der Waals surface area contributed by atoms with Gasteiger partial charge in [-0.2, -0.15) is 0 Å². The summed E-state index contributed by atoms with van der Waals surface area (Å²) in [5.41, 5.74) is 0.600. The van der Waals surface area contributed by atoms with E-state index in [0.29, 0.717) is 5.57 Å². The molecular weight excluding hydrogens is 140 g/mol. The molecule has 0 aliphatic carbocycles. The van der Waals surface area contributed by atoms with E-state index in [1.807, 2.05) is 19.1 Å². The van der Waals surface area contributed by atoms with Crippen molar-refractivity contribution in [1.82, 2.24) is 0 Å². The van der Waals surface area contributed by atoms with Crippen molar-refractivity contribution in [3.63, 3.8) is 0 Å². The van der Waals surface area contributed by atoms with Gasteiger partial charge in [0.05, 0.1) is 6.10 Å². The summed E-state index contributed by atoms with van der Waals surface area (Å²) in [6.45, 7) is 5.58. The molecule has 2 bridgehead atoms. The summed E-state index contributed by atoms with van der Waals surface area (Å²) in [5, 5.41) is 0. The highest BCUT2D eigenvalue weighted by Gasteiger charge is 2.38. The molecule has 2 heteroatoms. The normalized spacial score (nSPS) is 41.7. The molecule has 3 unspecified atom stereocenters. The van der Waals surface area contributed by atoms with E-state index in [1.165, 1.54) is 0 Å². The van der Waals surface area contributed by atoms with Crippen LogP contribution in [-0.4, -0.2) is 18.0 Å². The molecule has 0 aromatic carbocycles. The number of hydrogen-bond donors (Lipinski definition) is 0. The van der Waals surface area contributed by atoms with Gasteiger partial charge in [-0.1, -0.05) is 25.7 Å². The zero-order valence-corrected chi connectivity index (χ0v) is 6.41. The smallest absolute Gasteiger partial charge is 0.166 e. The lowest BCUT2D eigenvalue weighted by molar-refractivity contribution is -0.127. The van der Waals surface area contributed by atoms with Crippen LogP contribution in [0.3, 0.4) is 0 Å². The fraction of sp³-hybridized carbons (Fsp3) is 0.444. The Labute approximate surface area is 65.5 Å². The average molecular weight is 150 g/mol. The lowest BCUT2D eigenvalue weighted by Crippen LogP contribution is -2.36. The standard InChI is InChI=1S/C9H10O2/c1-5-7-3-4-8(11-7)6(2)9(5)10/h3-4,6-8H,1H2,2H3. The molecule has 2 aliphatic heterocycles. The minimum atomic E-state index is -0.135. The van der Waals surface area contributed by atoms with E-state index in [9.17, 15) is 4.79 Å². The molecule has 2 aliphatic rings. The highest BCUT2D eigenvalue weighted by molar-refractivity contribution is 5.99. The zero-order valence-electron chi connectivity index (χ0n) is 6.41. The third kappa shape index (κ3) is 0.792. The minimum absolute atomic E-state index is 0.00185. The van der Waals surface area contributed by atoms with Crippen molar-refractivity contribution in [1.29, 1.82) is 0 Å². The number of rotatable bonds is 0. The number of Topliss-reactive ketones (excluding diaryl/α,β-unsaturated/α-hetero) is 1. The monoisotopic (exact) mass is 150 g/mol. The second kappa shape index (κ2) is 2.05. The number of ketones is 1. The Hall–Kier alpha value is -0.890. The van der Waals surface area contributed by atoms with Crippen molar-refractivity contribution in [3.05, 3.63) is 24.3 Å². The Morgan fingerprint density at radius 1 is 1.55 bits per heavy atom. The second-order valence-corrected chi connectivity index (χ2v) is 3.08. The molecule has 2 heterocycles. The molecule has 2 nitrogen and oxygen atoms in total. The number of carbonyl (C=O) groups excluding carboxylic acids is 1. The van der Waals surface area contributed by atoms with Gasteiger partial charge in [-0.3, -0.25) is 4.79 Å². The van der Waals surface area contributed by atoms with Crippen molar-refractivity contribution in [3.8, 4) is 0 Å². The van der Waals surface area contributed by atoms with Crippen LogP contribution >= 0.6 is 0 Å². The Morgan fingerprint density at radius 2 is 2.27 bits per heavy atom. The topological polar surface area (TPSA) is 26.3 Å². The van der Waals surface area contributed by atoms with Gasteiger partial charge in [-0.15, -0.1) is 0 Å². The zero-order chi connectivity index (χ0) is 8.01. The quantitative estimate of drug-likeness (QED) is 0.381. The summed E-state index contributed by atoms with van der Waals surface area (Å²) in [4.78, 5) is 11.4. The molecule has 58 valence electrons. The third-order valence-electron chi connectivity index (χ3n) is 2.35. The Bertz CT molecular complexity index is 252. The summed E-state index contributed by atoms with van der Waals surface area (Å²) in [6.07, 6.45) is 3.72. The Morgan fingerprint density at radius 3 is 3.00 bits per heavy atom. The van der Waals surface area contributed by atoms with Gasteiger partial charge in [0.25, 0.3) is 0 Å². The Balaban J connectivity index is 2.36. The van der Waals surface area contributed by atoms with Gasteiger partial charge >= 0.3 is 0 Å². The van der Waals surface area contributed by atoms with E-state index < -0.39 is 0 Å². The van der Waals surface area contributed by atoms with E-state index in [2.05, 4.69) is 6.58 Å². The number of carbonyl (C=O) groups is 1. The van der Waals surface area contributed by atoms with Crippen LogP contribution in [0.4, 0.5) is 0 Å². The van der Waals surface area contributed by atoms with E-state index in [0.717, 1.165) is 0 Å². The molecule has 0 aromatic heterocycles. The summed E-state index contributed by atoms with van der Waals surface area (Å²) in [5.74, 6) is 0.105. The van der Waals surface area contributed by atoms with Crippen LogP contribution in [0.25, 0.3) is 0 Å². The first-order valence-electron chi connectivity index (χ1n) is 3.77. The molecule has 2 rings (SSSR count). The van der Waals surface area contributed by atoms with Crippen molar-refractivity contribution in [2.75, 3.05) is 0 Å². The molecule has 1 fully saturated rings. The molecule has 0 N–H and O–H groups in total. The minimum Gasteiger partial charge on any atom is -0.361 e. The lowest BCUT2D eigenvalue weighted by atomic mass is 9.93. The van der Waals surface area contributed by atoms with E-state index in [1.54, 1.807) is 0 Å². The molecular formula is C9H10O2. The highest BCUT2D eigenvalue weighted by atomic mass is 16.5. The van der Waals surface area contributed by atoms with Gasteiger partial charge in [0.1, 0.15) is 6.10 Å². The van der Waals surface area contributed by atoms with Crippen molar-refractivity contribution in [2.24, 2.45) is 5.92 Å². The van der Waals surface area contributed by atoms with Crippen LogP contribution < -0.4 is 0 Å². The maximum Gasteiger partial charge on any atom is 0.166 e. The molecule has 1 saturated heterocycles. The van der Waals surface area contributed by atoms with Crippen molar-refractivity contribution in [2.45, 2.75) is 19.1 Å². The van der Waals surface area contributed by atoms with Gasteiger partial charge in [0.2, 0.25) is 0 Å². The van der Waals surface area contributed by atoms with Crippen LogP contribution in [-0.2, 0) is 9.53 Å². The molecule has 0 saturated carbocycles. The predicted molar refractivity (Wildman–Crippen MR) is 41.1 cm³/mol. The predicted octanol–water partition coefficient (Wildman–Crippen LogP) is 1.08. The second-order valence-electron chi connectivity index (χ2n) is 3.08. The molecule has 11 heavy (non-hydrogen) atoms. The third-order valence-corrected chi connectivity index (χ3v) is 2.35. The van der Waals surface area contributed by atoms with Crippen molar-refractivity contribution >= 4 is 5.78 Å². The number of hydrogen-bond acceptors (Lipinski definition) is 2. The molecule has 0 aromatic rings. The van der Waals surface area contributed by atoms with Crippen LogP contribution in [0.2, 0.25) is 0 Å².